The van der Waals surface area contributed by atoms with Gasteiger partial charge in [0.2, 0.25) is 0 Å². The topological polar surface area (TPSA) is 85.5 Å². The van der Waals surface area contributed by atoms with E-state index in [1.54, 1.807) is 18.2 Å². The number of aromatic nitrogens is 1. The predicted molar refractivity (Wildman–Crippen MR) is 110 cm³/mol. The highest BCUT2D eigenvalue weighted by molar-refractivity contribution is 5.98. The third kappa shape index (κ3) is 4.59. The van der Waals surface area contributed by atoms with Crippen LogP contribution in [-0.2, 0) is 6.61 Å². The second kappa shape index (κ2) is 8.83. The summed E-state index contributed by atoms with van der Waals surface area (Å²) in [6, 6.07) is 23.3. The summed E-state index contributed by atoms with van der Waals surface area (Å²) in [5, 5.41) is 0. The van der Waals surface area contributed by atoms with E-state index in [1.807, 2.05) is 71.6 Å². The van der Waals surface area contributed by atoms with Crippen molar-refractivity contribution in [1.82, 2.24) is 15.4 Å². The van der Waals surface area contributed by atoms with E-state index in [0.29, 0.717) is 17.1 Å². The minimum atomic E-state index is -0.557. The third-order valence-electron chi connectivity index (χ3n) is 4.33. The average Bonchev–Trinajstić information content (AvgIpc) is 3.49. The van der Waals surface area contributed by atoms with Gasteiger partial charge in [-0.25, -0.2) is 0 Å². The van der Waals surface area contributed by atoms with Crippen LogP contribution in [0, 0.1) is 0 Å². The number of hydrogen-bond donors (Lipinski definition) is 2. The van der Waals surface area contributed by atoms with E-state index in [1.165, 1.54) is 6.07 Å². The monoisotopic (exact) mass is 401 g/mol. The molecule has 0 spiro atoms. The maximum atomic E-state index is 12.3. The van der Waals surface area contributed by atoms with Gasteiger partial charge in [-0.2, -0.15) is 0 Å². The molecule has 0 radical (unpaired) electrons. The minimum Gasteiger partial charge on any atom is -0.486 e. The first-order valence-corrected chi connectivity index (χ1v) is 9.30. The van der Waals surface area contributed by atoms with Crippen molar-refractivity contribution in [2.24, 2.45) is 0 Å². The van der Waals surface area contributed by atoms with Gasteiger partial charge in [-0.3, -0.25) is 20.4 Å². The highest BCUT2D eigenvalue weighted by atomic mass is 16.5. The van der Waals surface area contributed by atoms with Crippen molar-refractivity contribution in [3.05, 3.63) is 108 Å². The molecule has 0 aliphatic carbocycles. The first kappa shape index (κ1) is 19.1. The summed E-state index contributed by atoms with van der Waals surface area (Å²) in [5.74, 6) is 0.288. The molecule has 0 unspecified atom stereocenters. The fourth-order valence-corrected chi connectivity index (χ4v) is 2.79. The Morgan fingerprint density at radius 2 is 1.50 bits per heavy atom. The van der Waals surface area contributed by atoms with Gasteiger partial charge in [0, 0.05) is 23.6 Å². The molecule has 2 aromatic carbocycles. The van der Waals surface area contributed by atoms with Crippen molar-refractivity contribution in [2.75, 3.05) is 0 Å². The molecule has 0 aliphatic rings. The summed E-state index contributed by atoms with van der Waals surface area (Å²) in [4.78, 5) is 24.5. The Morgan fingerprint density at radius 3 is 2.23 bits per heavy atom. The number of para-hydroxylation sites is 1. The number of furan rings is 1. The Labute approximate surface area is 172 Å². The molecular formula is C23H19N3O4. The lowest BCUT2D eigenvalue weighted by Crippen LogP contribution is -2.41. The van der Waals surface area contributed by atoms with Crippen LogP contribution in [0.1, 0.15) is 26.7 Å². The van der Waals surface area contributed by atoms with Crippen LogP contribution in [0.2, 0.25) is 0 Å². The number of amides is 2. The van der Waals surface area contributed by atoms with Crippen LogP contribution in [0.15, 0.2) is 95.7 Å². The van der Waals surface area contributed by atoms with Gasteiger partial charge in [-0.1, -0.05) is 18.2 Å². The Hall–Kier alpha value is -4.26. The molecule has 2 N–H and O–H groups in total. The van der Waals surface area contributed by atoms with Gasteiger partial charge in [-0.05, 0) is 60.7 Å². The van der Waals surface area contributed by atoms with Gasteiger partial charge >= 0.3 is 5.91 Å². The van der Waals surface area contributed by atoms with Crippen molar-refractivity contribution >= 4 is 11.8 Å². The largest absolute Gasteiger partial charge is 0.486 e. The molecule has 2 amide bonds. The molecular weight excluding hydrogens is 382 g/mol. The van der Waals surface area contributed by atoms with Gasteiger partial charge in [-0.15, -0.1) is 0 Å². The van der Waals surface area contributed by atoms with Gasteiger partial charge in [0.25, 0.3) is 5.91 Å². The summed E-state index contributed by atoms with van der Waals surface area (Å²) >= 11 is 0. The molecule has 30 heavy (non-hydrogen) atoms. The molecule has 7 heteroatoms. The van der Waals surface area contributed by atoms with Gasteiger partial charge in [0.1, 0.15) is 18.1 Å². The fraction of sp³-hybridized carbons (Fsp3) is 0.0435. The number of benzene rings is 2. The van der Waals surface area contributed by atoms with E-state index in [-0.39, 0.29) is 12.4 Å². The quantitative estimate of drug-likeness (QED) is 0.482. The molecule has 0 saturated carbocycles. The van der Waals surface area contributed by atoms with Crippen molar-refractivity contribution < 1.29 is 18.7 Å². The summed E-state index contributed by atoms with van der Waals surface area (Å²) < 4.78 is 13.0. The Balaban J connectivity index is 1.29. The molecule has 0 bridgehead atoms. The van der Waals surface area contributed by atoms with E-state index in [2.05, 4.69) is 10.9 Å². The number of ether oxygens (including phenoxy) is 1. The number of carbonyl (C=O) groups excluding carboxylic acids is 2. The lowest BCUT2D eigenvalue weighted by molar-refractivity contribution is 0.0828. The average molecular weight is 401 g/mol. The summed E-state index contributed by atoms with van der Waals surface area (Å²) in [5.41, 5.74) is 6.08. The first-order chi connectivity index (χ1) is 14.7. The highest BCUT2D eigenvalue weighted by Crippen LogP contribution is 2.14. The van der Waals surface area contributed by atoms with Gasteiger partial charge in [0.15, 0.2) is 5.76 Å². The van der Waals surface area contributed by atoms with Crippen LogP contribution in [0.25, 0.3) is 5.69 Å². The van der Waals surface area contributed by atoms with Crippen molar-refractivity contribution in [3.8, 4) is 11.4 Å². The summed E-state index contributed by atoms with van der Waals surface area (Å²) in [7, 11) is 0. The summed E-state index contributed by atoms with van der Waals surface area (Å²) in [6.07, 6.45) is 3.83. The maximum Gasteiger partial charge on any atom is 0.305 e. The van der Waals surface area contributed by atoms with Gasteiger partial charge in [0.05, 0.1) is 0 Å². The summed E-state index contributed by atoms with van der Waals surface area (Å²) in [6.45, 7) is 0.192. The third-order valence-corrected chi connectivity index (χ3v) is 4.33. The Morgan fingerprint density at radius 1 is 0.800 bits per heavy atom. The highest BCUT2D eigenvalue weighted by Gasteiger charge is 2.13. The predicted octanol–water partition coefficient (Wildman–Crippen LogP) is 3.72. The van der Waals surface area contributed by atoms with Crippen LogP contribution < -0.4 is 15.6 Å². The number of nitrogens with zero attached hydrogens (tertiary/aromatic N) is 1. The van der Waals surface area contributed by atoms with Crippen molar-refractivity contribution in [3.63, 3.8) is 0 Å². The normalized spacial score (nSPS) is 10.4. The van der Waals surface area contributed by atoms with E-state index >= 15 is 0 Å². The van der Waals surface area contributed by atoms with E-state index in [9.17, 15) is 9.59 Å². The zero-order chi connectivity index (χ0) is 20.8. The second-order valence-corrected chi connectivity index (χ2v) is 6.41. The van der Waals surface area contributed by atoms with Crippen LogP contribution in [0.3, 0.4) is 0 Å². The van der Waals surface area contributed by atoms with E-state index in [4.69, 9.17) is 9.15 Å². The first-order valence-electron chi connectivity index (χ1n) is 9.30. The molecule has 7 nitrogen and oxygen atoms in total. The number of rotatable bonds is 6. The standard InChI is InChI=1S/C23H19N3O4/c27-22(17-8-10-18(11-9-17)26-14-4-5-15-26)24-25-23(28)21-13-12-20(30-21)16-29-19-6-2-1-3-7-19/h1-15H,16H2,(H,24,27)(H,25,28). The molecule has 2 heterocycles. The number of nitrogens with one attached hydrogen (secondary N) is 2. The molecule has 150 valence electrons. The molecule has 4 rings (SSSR count). The molecule has 0 aliphatic heterocycles. The maximum absolute atomic E-state index is 12.3. The lowest BCUT2D eigenvalue weighted by atomic mass is 10.2. The fourth-order valence-electron chi connectivity index (χ4n) is 2.79. The lowest BCUT2D eigenvalue weighted by Gasteiger charge is -2.07. The molecule has 0 fully saturated rings. The van der Waals surface area contributed by atoms with Crippen LogP contribution >= 0.6 is 0 Å². The molecule has 2 aromatic heterocycles. The van der Waals surface area contributed by atoms with Crippen LogP contribution in [0.4, 0.5) is 0 Å². The molecule has 4 aromatic rings. The number of hydrogen-bond acceptors (Lipinski definition) is 4. The van der Waals surface area contributed by atoms with Crippen LogP contribution in [0.5, 0.6) is 5.75 Å². The zero-order valence-electron chi connectivity index (χ0n) is 15.9. The minimum absolute atomic E-state index is 0.0740. The number of carbonyl (C=O) groups is 2. The van der Waals surface area contributed by atoms with Crippen molar-refractivity contribution in [2.45, 2.75) is 6.61 Å². The Bertz CT molecular complexity index is 1120. The van der Waals surface area contributed by atoms with Crippen molar-refractivity contribution in [1.29, 1.82) is 0 Å². The molecule has 0 atom stereocenters. The smallest absolute Gasteiger partial charge is 0.305 e. The number of hydrazine groups is 1. The zero-order valence-corrected chi connectivity index (χ0v) is 15.9. The second-order valence-electron chi connectivity index (χ2n) is 6.41. The van der Waals surface area contributed by atoms with Crippen LogP contribution in [-0.4, -0.2) is 16.4 Å². The van der Waals surface area contributed by atoms with E-state index < -0.39 is 11.8 Å². The van der Waals surface area contributed by atoms with Gasteiger partial charge < -0.3 is 13.7 Å². The molecule has 0 saturated heterocycles. The Kier molecular flexibility index (Phi) is 5.61. The SMILES string of the molecule is O=C(NNC(=O)c1ccc(COc2ccccc2)o1)c1ccc(-n2cccc2)cc1. The van der Waals surface area contributed by atoms with E-state index in [0.717, 1.165) is 5.69 Å².